The number of fused-ring (bicyclic) bond motifs is 1. The largest absolute Gasteiger partial charge is 0.486 e. The topological polar surface area (TPSA) is 50.8 Å². The maximum Gasteiger partial charge on any atom is 0.227 e. The van der Waals surface area contributed by atoms with Crippen LogP contribution < -0.4 is 19.7 Å². The Bertz CT molecular complexity index is 798. The first-order valence-electron chi connectivity index (χ1n) is 9.65. The zero-order valence-electron chi connectivity index (χ0n) is 15.7. The van der Waals surface area contributed by atoms with Crippen molar-refractivity contribution in [3.05, 3.63) is 40.1 Å². The van der Waals surface area contributed by atoms with Gasteiger partial charge >= 0.3 is 0 Å². The third-order valence-electron chi connectivity index (χ3n) is 5.18. The molecule has 3 heterocycles. The average Bonchev–Trinajstić information content (AvgIpc) is 3.35. The smallest absolute Gasteiger partial charge is 0.227 e. The predicted molar refractivity (Wildman–Crippen MR) is 108 cm³/mol. The molecule has 6 heteroatoms. The highest BCUT2D eigenvalue weighted by Crippen LogP contribution is 2.35. The molecule has 0 aliphatic carbocycles. The second-order valence-corrected chi connectivity index (χ2v) is 8.59. The fraction of sp³-hybridized carbons (Fsp3) is 0.476. The van der Waals surface area contributed by atoms with E-state index in [0.29, 0.717) is 32.1 Å². The van der Waals surface area contributed by atoms with Crippen molar-refractivity contribution in [2.45, 2.75) is 32.7 Å². The quantitative estimate of drug-likeness (QED) is 0.821. The molecule has 1 aromatic carbocycles. The molecule has 1 amide bonds. The summed E-state index contributed by atoms with van der Waals surface area (Å²) < 4.78 is 11.3. The van der Waals surface area contributed by atoms with Crippen molar-refractivity contribution < 1.29 is 14.3 Å². The maximum absolute atomic E-state index is 13.1. The van der Waals surface area contributed by atoms with E-state index < -0.39 is 0 Å². The molecule has 1 aromatic heterocycles. The van der Waals surface area contributed by atoms with E-state index in [4.69, 9.17) is 9.47 Å². The summed E-state index contributed by atoms with van der Waals surface area (Å²) in [6, 6.07) is 10.0. The lowest BCUT2D eigenvalue weighted by Crippen LogP contribution is -2.30. The van der Waals surface area contributed by atoms with Crippen LogP contribution in [0.1, 0.15) is 29.0 Å². The maximum atomic E-state index is 13.1. The zero-order valence-corrected chi connectivity index (χ0v) is 16.5. The molecule has 1 saturated heterocycles. The predicted octanol–water partition coefficient (Wildman–Crippen LogP) is 3.75. The van der Waals surface area contributed by atoms with Gasteiger partial charge in [0.2, 0.25) is 5.91 Å². The van der Waals surface area contributed by atoms with Gasteiger partial charge in [-0.3, -0.25) is 4.79 Å². The number of thiophene rings is 1. The molecule has 0 radical (unpaired) electrons. The van der Waals surface area contributed by atoms with E-state index in [9.17, 15) is 4.79 Å². The van der Waals surface area contributed by atoms with Gasteiger partial charge in [-0.25, -0.2) is 0 Å². The fourth-order valence-corrected chi connectivity index (χ4v) is 4.55. The molecule has 2 aromatic rings. The molecule has 1 unspecified atom stereocenters. The van der Waals surface area contributed by atoms with E-state index in [1.165, 1.54) is 16.2 Å². The highest BCUT2D eigenvalue weighted by atomic mass is 32.1. The van der Waals surface area contributed by atoms with Crippen molar-refractivity contribution in [2.24, 2.45) is 5.92 Å². The molecule has 2 aliphatic heterocycles. The lowest BCUT2D eigenvalue weighted by Gasteiger charge is -2.25. The van der Waals surface area contributed by atoms with Gasteiger partial charge in [0, 0.05) is 27.9 Å². The van der Waals surface area contributed by atoms with Gasteiger partial charge < -0.3 is 19.7 Å². The first-order valence-corrected chi connectivity index (χ1v) is 10.5. The Labute approximate surface area is 164 Å². The van der Waals surface area contributed by atoms with E-state index in [0.717, 1.165) is 36.7 Å². The zero-order chi connectivity index (χ0) is 18.6. The van der Waals surface area contributed by atoms with Gasteiger partial charge in [0.1, 0.15) is 13.2 Å². The summed E-state index contributed by atoms with van der Waals surface area (Å²) in [5.41, 5.74) is 0.875. The van der Waals surface area contributed by atoms with Crippen LogP contribution in [0.3, 0.4) is 0 Å². The second-order valence-electron chi connectivity index (χ2n) is 7.22. The van der Waals surface area contributed by atoms with Crippen LogP contribution in [-0.4, -0.2) is 32.2 Å². The monoisotopic (exact) mass is 386 g/mol. The van der Waals surface area contributed by atoms with Crippen LogP contribution in [0.5, 0.6) is 11.5 Å². The van der Waals surface area contributed by atoms with Crippen LogP contribution in [0.2, 0.25) is 0 Å². The van der Waals surface area contributed by atoms with Gasteiger partial charge in [-0.1, -0.05) is 0 Å². The minimum absolute atomic E-state index is 0.171. The third-order valence-corrected chi connectivity index (χ3v) is 6.16. The molecule has 1 atom stereocenters. The van der Waals surface area contributed by atoms with Crippen molar-refractivity contribution in [3.8, 4) is 11.5 Å². The first kappa shape index (κ1) is 18.3. The Morgan fingerprint density at radius 2 is 2.07 bits per heavy atom. The standard InChI is InChI=1S/C21H26N2O3S/c1-15-2-5-18(27-15)14-23(21(24)7-3-16-8-9-22-13-16)17-4-6-19-20(12-17)26-11-10-25-19/h2,4-6,12,16,22H,3,7-11,13-14H2,1H3. The summed E-state index contributed by atoms with van der Waals surface area (Å²) in [5.74, 6) is 2.25. The number of anilines is 1. The Kier molecular flexibility index (Phi) is 5.64. The lowest BCUT2D eigenvalue weighted by atomic mass is 10.0. The van der Waals surface area contributed by atoms with E-state index in [1.807, 2.05) is 23.1 Å². The van der Waals surface area contributed by atoms with Crippen molar-refractivity contribution >= 4 is 22.9 Å². The summed E-state index contributed by atoms with van der Waals surface area (Å²) in [6.45, 7) is 5.90. The molecule has 0 bridgehead atoms. The van der Waals surface area contributed by atoms with Crippen molar-refractivity contribution in [3.63, 3.8) is 0 Å². The van der Waals surface area contributed by atoms with Crippen LogP contribution in [0.15, 0.2) is 30.3 Å². The highest BCUT2D eigenvalue weighted by Gasteiger charge is 2.22. The number of hydrogen-bond donors (Lipinski definition) is 1. The first-order chi connectivity index (χ1) is 13.2. The normalized spacial score (nSPS) is 18.5. The van der Waals surface area contributed by atoms with Crippen molar-refractivity contribution in [2.75, 3.05) is 31.2 Å². The van der Waals surface area contributed by atoms with Crippen LogP contribution in [0.25, 0.3) is 0 Å². The second kappa shape index (κ2) is 8.31. The molecule has 1 fully saturated rings. The number of benzene rings is 1. The average molecular weight is 387 g/mol. The molecule has 144 valence electrons. The summed E-state index contributed by atoms with van der Waals surface area (Å²) in [5, 5.41) is 3.38. The molecular formula is C21H26N2O3S. The molecule has 2 aliphatic rings. The van der Waals surface area contributed by atoms with Crippen molar-refractivity contribution in [1.29, 1.82) is 0 Å². The van der Waals surface area contributed by atoms with Crippen LogP contribution in [0.4, 0.5) is 5.69 Å². The van der Waals surface area contributed by atoms with Crippen LogP contribution in [-0.2, 0) is 11.3 Å². The summed E-state index contributed by atoms with van der Waals surface area (Å²) in [6.07, 6.45) is 2.68. The van der Waals surface area contributed by atoms with Gasteiger partial charge in [-0.05, 0) is 63.0 Å². The van der Waals surface area contributed by atoms with Gasteiger partial charge in [-0.2, -0.15) is 0 Å². The Balaban J connectivity index is 1.54. The van der Waals surface area contributed by atoms with E-state index in [2.05, 4.69) is 24.4 Å². The number of ether oxygens (including phenoxy) is 2. The Hall–Kier alpha value is -2.05. The molecule has 0 spiro atoms. The number of carbonyl (C=O) groups excluding carboxylic acids is 1. The highest BCUT2D eigenvalue weighted by molar-refractivity contribution is 7.11. The van der Waals surface area contributed by atoms with Gasteiger partial charge in [0.15, 0.2) is 11.5 Å². The number of carbonyl (C=O) groups is 1. The van der Waals surface area contributed by atoms with Gasteiger partial charge in [-0.15, -0.1) is 11.3 Å². The van der Waals surface area contributed by atoms with Gasteiger partial charge in [0.25, 0.3) is 0 Å². The minimum Gasteiger partial charge on any atom is -0.486 e. The molecule has 5 nitrogen and oxygen atoms in total. The SMILES string of the molecule is Cc1ccc(CN(C(=O)CCC2CCNC2)c2ccc3c(c2)OCCO3)s1. The summed E-state index contributed by atoms with van der Waals surface area (Å²) in [7, 11) is 0. The Morgan fingerprint density at radius 3 is 2.81 bits per heavy atom. The summed E-state index contributed by atoms with van der Waals surface area (Å²) >= 11 is 1.74. The molecule has 27 heavy (non-hydrogen) atoms. The lowest BCUT2D eigenvalue weighted by molar-refractivity contribution is -0.119. The number of nitrogens with one attached hydrogen (secondary N) is 1. The third kappa shape index (κ3) is 4.45. The fourth-order valence-electron chi connectivity index (χ4n) is 3.67. The number of nitrogens with zero attached hydrogens (tertiary/aromatic N) is 1. The number of amides is 1. The number of aryl methyl sites for hydroxylation is 1. The van der Waals surface area contributed by atoms with E-state index in [1.54, 1.807) is 11.3 Å². The molecular weight excluding hydrogens is 360 g/mol. The van der Waals surface area contributed by atoms with E-state index in [-0.39, 0.29) is 5.91 Å². The number of rotatable bonds is 6. The molecule has 4 rings (SSSR count). The number of hydrogen-bond acceptors (Lipinski definition) is 5. The minimum atomic E-state index is 0.171. The summed E-state index contributed by atoms with van der Waals surface area (Å²) in [4.78, 5) is 17.5. The van der Waals surface area contributed by atoms with Gasteiger partial charge in [0.05, 0.1) is 6.54 Å². The van der Waals surface area contributed by atoms with Crippen LogP contribution >= 0.6 is 11.3 Å². The van der Waals surface area contributed by atoms with Crippen molar-refractivity contribution in [1.82, 2.24) is 5.32 Å². The Morgan fingerprint density at radius 1 is 1.22 bits per heavy atom. The van der Waals surface area contributed by atoms with Crippen LogP contribution in [0, 0.1) is 12.8 Å². The molecule has 1 N–H and O–H groups in total. The van der Waals surface area contributed by atoms with E-state index >= 15 is 0 Å². The molecule has 0 saturated carbocycles.